The molecule has 1 amide bonds. The summed E-state index contributed by atoms with van der Waals surface area (Å²) in [6.45, 7) is -0.122. The first-order valence-corrected chi connectivity index (χ1v) is 8.75. The Bertz CT molecular complexity index is 1080. The van der Waals surface area contributed by atoms with Crippen LogP contribution >= 0.6 is 0 Å². The van der Waals surface area contributed by atoms with Gasteiger partial charge in [-0.3, -0.25) is 9.89 Å². The zero-order valence-electron chi connectivity index (χ0n) is 13.0. The second-order valence-electron chi connectivity index (χ2n) is 5.18. The molecule has 3 rings (SSSR count). The Morgan fingerprint density at radius 3 is 2.88 bits per heavy atom. The van der Waals surface area contributed by atoms with Crippen molar-refractivity contribution < 1.29 is 13.2 Å². The van der Waals surface area contributed by atoms with Crippen LogP contribution in [0.25, 0.3) is 10.9 Å². The fraction of sp³-hybridized carbons (Fsp3) is 0.0588. The molecule has 0 aliphatic rings. The van der Waals surface area contributed by atoms with Crippen LogP contribution in [0.15, 0.2) is 53.6 Å². The van der Waals surface area contributed by atoms with Crippen LogP contribution in [-0.2, 0) is 10.0 Å². The Morgan fingerprint density at radius 1 is 1.24 bits per heavy atom. The van der Waals surface area contributed by atoms with Crippen molar-refractivity contribution in [3.8, 4) is 12.3 Å². The van der Waals surface area contributed by atoms with Crippen molar-refractivity contribution in [2.75, 3.05) is 11.9 Å². The maximum absolute atomic E-state index is 12.4. The summed E-state index contributed by atoms with van der Waals surface area (Å²) in [5, 5.41) is 10.3. The normalized spacial score (nSPS) is 11.2. The number of aromatic amines is 1. The predicted molar refractivity (Wildman–Crippen MR) is 94.5 cm³/mol. The molecule has 25 heavy (non-hydrogen) atoms. The Labute approximate surface area is 144 Å². The summed E-state index contributed by atoms with van der Waals surface area (Å²) in [5.41, 5.74) is 1.65. The Morgan fingerprint density at radius 2 is 2.08 bits per heavy atom. The zero-order chi connectivity index (χ0) is 17.9. The van der Waals surface area contributed by atoms with Crippen molar-refractivity contribution in [3.63, 3.8) is 0 Å². The van der Waals surface area contributed by atoms with E-state index in [1.165, 1.54) is 24.3 Å². The maximum atomic E-state index is 12.4. The molecule has 0 aliphatic carbocycles. The van der Waals surface area contributed by atoms with Gasteiger partial charge in [-0.1, -0.05) is 12.0 Å². The van der Waals surface area contributed by atoms with Gasteiger partial charge in [-0.25, -0.2) is 8.42 Å². The molecule has 0 fully saturated rings. The minimum Gasteiger partial charge on any atom is -0.322 e. The Kier molecular flexibility index (Phi) is 4.52. The molecule has 2 aromatic carbocycles. The van der Waals surface area contributed by atoms with E-state index in [-0.39, 0.29) is 17.0 Å². The van der Waals surface area contributed by atoms with Crippen molar-refractivity contribution in [2.45, 2.75) is 4.90 Å². The van der Waals surface area contributed by atoms with E-state index in [9.17, 15) is 13.2 Å². The first-order chi connectivity index (χ1) is 12.0. The van der Waals surface area contributed by atoms with Gasteiger partial charge < -0.3 is 5.32 Å². The molecule has 0 saturated heterocycles. The summed E-state index contributed by atoms with van der Waals surface area (Å²) in [6, 6.07) is 11.0. The quantitative estimate of drug-likeness (QED) is 0.607. The Hall–Kier alpha value is -3.15. The number of fused-ring (bicyclic) bond motifs is 1. The molecule has 1 heterocycles. The van der Waals surface area contributed by atoms with Crippen LogP contribution in [-0.4, -0.2) is 31.1 Å². The van der Waals surface area contributed by atoms with E-state index < -0.39 is 15.9 Å². The van der Waals surface area contributed by atoms with Crippen LogP contribution in [0.1, 0.15) is 10.4 Å². The molecule has 0 radical (unpaired) electrons. The highest BCUT2D eigenvalue weighted by molar-refractivity contribution is 7.89. The molecule has 0 atom stereocenters. The molecule has 0 bridgehead atoms. The van der Waals surface area contributed by atoms with Crippen LogP contribution in [0.2, 0.25) is 0 Å². The van der Waals surface area contributed by atoms with Crippen LogP contribution < -0.4 is 10.0 Å². The maximum Gasteiger partial charge on any atom is 0.255 e. The summed E-state index contributed by atoms with van der Waals surface area (Å²) >= 11 is 0. The van der Waals surface area contributed by atoms with Gasteiger partial charge in [-0.05, 0) is 36.4 Å². The van der Waals surface area contributed by atoms with Crippen LogP contribution in [0.5, 0.6) is 0 Å². The number of H-pyrrole nitrogens is 1. The average molecular weight is 354 g/mol. The predicted octanol–water partition coefficient (Wildman–Crippen LogP) is 1.73. The first kappa shape index (κ1) is 16.7. The largest absolute Gasteiger partial charge is 0.322 e. The standard InChI is InChI=1S/C17H14N4O3S/c1-2-8-19-25(23,24)15-5-3-4-12(10-15)17(22)20-14-6-7-16-13(9-14)11-18-21-16/h1,3-7,9-11,19H,8H2,(H,18,21)(H,20,22). The number of carbonyl (C=O) groups is 1. The Balaban J connectivity index is 1.82. The second-order valence-corrected chi connectivity index (χ2v) is 6.95. The minimum absolute atomic E-state index is 0.0271. The average Bonchev–Trinajstić information content (AvgIpc) is 3.08. The lowest BCUT2D eigenvalue weighted by atomic mass is 10.2. The van der Waals surface area contributed by atoms with Gasteiger partial charge in [0.05, 0.1) is 23.2 Å². The number of nitrogens with zero attached hydrogens (tertiary/aromatic N) is 1. The number of nitrogens with one attached hydrogen (secondary N) is 3. The lowest BCUT2D eigenvalue weighted by molar-refractivity contribution is 0.102. The van der Waals surface area contributed by atoms with Gasteiger partial charge in [-0.15, -0.1) is 6.42 Å². The van der Waals surface area contributed by atoms with E-state index in [2.05, 4.69) is 26.2 Å². The van der Waals surface area contributed by atoms with Crippen LogP contribution in [0, 0.1) is 12.3 Å². The number of amides is 1. The number of benzene rings is 2. The van der Waals surface area contributed by atoms with Crippen molar-refractivity contribution in [3.05, 3.63) is 54.2 Å². The smallest absolute Gasteiger partial charge is 0.255 e. The van der Waals surface area contributed by atoms with Gasteiger partial charge in [0.25, 0.3) is 5.91 Å². The third kappa shape index (κ3) is 3.68. The fourth-order valence-electron chi connectivity index (χ4n) is 2.25. The van der Waals surface area contributed by atoms with E-state index in [1.807, 2.05) is 0 Å². The summed E-state index contributed by atoms with van der Waals surface area (Å²) in [4.78, 5) is 12.4. The number of anilines is 1. The number of rotatable bonds is 5. The molecular weight excluding hydrogens is 340 g/mol. The zero-order valence-corrected chi connectivity index (χ0v) is 13.8. The SMILES string of the molecule is C#CCNS(=O)(=O)c1cccc(C(=O)Nc2ccc3[nH]ncc3c2)c1. The van der Waals surface area contributed by atoms with E-state index in [0.29, 0.717) is 5.69 Å². The molecular formula is C17H14N4O3S. The lowest BCUT2D eigenvalue weighted by Gasteiger charge is -2.08. The van der Waals surface area contributed by atoms with E-state index in [1.54, 1.807) is 24.4 Å². The van der Waals surface area contributed by atoms with Gasteiger partial charge in [0, 0.05) is 16.6 Å². The molecule has 0 aliphatic heterocycles. The van der Waals surface area contributed by atoms with E-state index in [4.69, 9.17) is 6.42 Å². The van der Waals surface area contributed by atoms with Gasteiger partial charge in [-0.2, -0.15) is 9.82 Å². The molecule has 0 saturated carbocycles. The van der Waals surface area contributed by atoms with Gasteiger partial charge in [0.15, 0.2) is 0 Å². The van der Waals surface area contributed by atoms with Crippen molar-refractivity contribution in [1.82, 2.24) is 14.9 Å². The van der Waals surface area contributed by atoms with Gasteiger partial charge in [0.2, 0.25) is 10.0 Å². The highest BCUT2D eigenvalue weighted by Crippen LogP contribution is 2.18. The third-order valence-corrected chi connectivity index (χ3v) is 4.87. The van der Waals surface area contributed by atoms with Crippen molar-refractivity contribution in [1.29, 1.82) is 0 Å². The minimum atomic E-state index is -3.76. The number of terminal acetylenes is 1. The highest BCUT2D eigenvalue weighted by atomic mass is 32.2. The monoisotopic (exact) mass is 354 g/mol. The molecule has 3 aromatic rings. The number of sulfonamides is 1. The second kappa shape index (κ2) is 6.76. The number of hydrogen-bond acceptors (Lipinski definition) is 4. The van der Waals surface area contributed by atoms with Gasteiger partial charge >= 0.3 is 0 Å². The topological polar surface area (TPSA) is 104 Å². The fourth-order valence-corrected chi connectivity index (χ4v) is 3.23. The number of aromatic nitrogens is 2. The highest BCUT2D eigenvalue weighted by Gasteiger charge is 2.15. The molecule has 3 N–H and O–H groups in total. The van der Waals surface area contributed by atoms with Crippen LogP contribution in [0.4, 0.5) is 5.69 Å². The lowest BCUT2D eigenvalue weighted by Crippen LogP contribution is -2.24. The van der Waals surface area contributed by atoms with Crippen molar-refractivity contribution >= 4 is 32.5 Å². The molecule has 8 heteroatoms. The molecule has 1 aromatic heterocycles. The first-order valence-electron chi connectivity index (χ1n) is 7.27. The van der Waals surface area contributed by atoms with E-state index in [0.717, 1.165) is 10.9 Å². The van der Waals surface area contributed by atoms with E-state index >= 15 is 0 Å². The number of carbonyl (C=O) groups excluding carboxylic acids is 1. The molecule has 0 unspecified atom stereocenters. The van der Waals surface area contributed by atoms with Crippen molar-refractivity contribution in [2.24, 2.45) is 0 Å². The molecule has 7 nitrogen and oxygen atoms in total. The molecule has 126 valence electrons. The summed E-state index contributed by atoms with van der Waals surface area (Å²) in [5.74, 6) is 1.78. The van der Waals surface area contributed by atoms with Gasteiger partial charge in [0.1, 0.15) is 0 Å². The molecule has 0 spiro atoms. The van der Waals surface area contributed by atoms with Crippen LogP contribution in [0.3, 0.4) is 0 Å². The summed E-state index contributed by atoms with van der Waals surface area (Å²) in [7, 11) is -3.76. The third-order valence-electron chi connectivity index (χ3n) is 3.47. The summed E-state index contributed by atoms with van der Waals surface area (Å²) < 4.78 is 26.4. The summed E-state index contributed by atoms with van der Waals surface area (Å²) in [6.07, 6.45) is 6.71. The number of hydrogen-bond donors (Lipinski definition) is 3.